The van der Waals surface area contributed by atoms with Crippen LogP contribution in [0.2, 0.25) is 0 Å². The highest BCUT2D eigenvalue weighted by molar-refractivity contribution is 5.62. The Labute approximate surface area is 109 Å². The van der Waals surface area contributed by atoms with Crippen molar-refractivity contribution in [3.8, 4) is 17.1 Å². The zero-order valence-electron chi connectivity index (χ0n) is 10.6. The second kappa shape index (κ2) is 4.20. The van der Waals surface area contributed by atoms with Crippen LogP contribution in [0.15, 0.2) is 30.5 Å². The number of rotatable bonds is 2. The van der Waals surface area contributed by atoms with E-state index in [0.717, 1.165) is 16.9 Å². The summed E-state index contributed by atoms with van der Waals surface area (Å²) < 4.78 is 3.40. The third-order valence-corrected chi connectivity index (χ3v) is 2.83. The van der Waals surface area contributed by atoms with Gasteiger partial charge in [-0.25, -0.2) is 0 Å². The average molecular weight is 255 g/mol. The highest BCUT2D eigenvalue weighted by Crippen LogP contribution is 2.22. The molecule has 0 saturated heterocycles. The van der Waals surface area contributed by atoms with Crippen LogP contribution in [0.3, 0.4) is 0 Å². The van der Waals surface area contributed by atoms with Crippen LogP contribution in [0, 0.1) is 6.92 Å². The number of nitrogens with two attached hydrogens (primary N) is 1. The Hall–Kier alpha value is -2.70. The topological polar surface area (TPSA) is 87.4 Å². The van der Waals surface area contributed by atoms with Gasteiger partial charge in [0.05, 0.1) is 11.9 Å². The molecule has 0 radical (unpaired) electrons. The van der Waals surface area contributed by atoms with Gasteiger partial charge >= 0.3 is 0 Å². The summed E-state index contributed by atoms with van der Waals surface area (Å²) in [4.78, 5) is 0. The SMILES string of the molecule is Cc1nn(C)cc1-n1nnnc1-c1cccc(N)c1. The molecule has 2 N–H and O–H groups in total. The molecule has 0 fully saturated rings. The van der Waals surface area contributed by atoms with Crippen LogP contribution in [0.4, 0.5) is 5.69 Å². The van der Waals surface area contributed by atoms with Crippen LogP contribution in [0.1, 0.15) is 5.69 Å². The second-order valence-electron chi connectivity index (χ2n) is 4.31. The maximum Gasteiger partial charge on any atom is 0.187 e. The number of hydrogen-bond donors (Lipinski definition) is 1. The van der Waals surface area contributed by atoms with E-state index < -0.39 is 0 Å². The summed E-state index contributed by atoms with van der Waals surface area (Å²) in [6.07, 6.45) is 1.88. The molecule has 2 aromatic heterocycles. The lowest BCUT2D eigenvalue weighted by molar-refractivity contribution is 0.755. The van der Waals surface area contributed by atoms with Gasteiger partial charge in [0.2, 0.25) is 0 Å². The third kappa shape index (κ3) is 1.95. The minimum atomic E-state index is 0.642. The predicted molar refractivity (Wildman–Crippen MR) is 70.5 cm³/mol. The molecule has 0 unspecified atom stereocenters. The first kappa shape index (κ1) is 11.4. The van der Waals surface area contributed by atoms with Gasteiger partial charge in [-0.05, 0) is 29.5 Å². The third-order valence-electron chi connectivity index (χ3n) is 2.83. The molecule has 96 valence electrons. The summed E-state index contributed by atoms with van der Waals surface area (Å²) in [6, 6.07) is 7.46. The van der Waals surface area contributed by atoms with Crippen molar-refractivity contribution in [2.24, 2.45) is 7.05 Å². The van der Waals surface area contributed by atoms with E-state index in [4.69, 9.17) is 5.73 Å². The van der Waals surface area contributed by atoms with Crippen molar-refractivity contribution >= 4 is 5.69 Å². The number of aromatic nitrogens is 6. The molecule has 1 aromatic carbocycles. The zero-order chi connectivity index (χ0) is 13.4. The van der Waals surface area contributed by atoms with Crippen LogP contribution in [-0.2, 0) is 7.05 Å². The Morgan fingerprint density at radius 2 is 2.11 bits per heavy atom. The fourth-order valence-corrected chi connectivity index (χ4v) is 2.00. The van der Waals surface area contributed by atoms with Crippen LogP contribution in [0.25, 0.3) is 17.1 Å². The summed E-state index contributed by atoms with van der Waals surface area (Å²) in [7, 11) is 1.86. The fourth-order valence-electron chi connectivity index (χ4n) is 2.00. The van der Waals surface area contributed by atoms with Gasteiger partial charge in [-0.3, -0.25) is 4.68 Å². The number of aryl methyl sites for hydroxylation is 2. The van der Waals surface area contributed by atoms with Crippen molar-refractivity contribution < 1.29 is 0 Å². The highest BCUT2D eigenvalue weighted by atomic mass is 15.5. The van der Waals surface area contributed by atoms with Crippen molar-refractivity contribution in [3.63, 3.8) is 0 Å². The zero-order valence-corrected chi connectivity index (χ0v) is 10.6. The predicted octanol–water partition coefficient (Wildman–Crippen LogP) is 0.953. The largest absolute Gasteiger partial charge is 0.399 e. The van der Waals surface area contributed by atoms with E-state index in [2.05, 4.69) is 20.6 Å². The van der Waals surface area contributed by atoms with Gasteiger partial charge in [-0.1, -0.05) is 12.1 Å². The van der Waals surface area contributed by atoms with E-state index in [9.17, 15) is 0 Å². The Morgan fingerprint density at radius 3 is 2.79 bits per heavy atom. The standard InChI is InChI=1S/C12H13N7/c1-8-11(7-18(2)15-8)19-12(14-16-17-19)9-4-3-5-10(13)6-9/h3-7H,13H2,1-2H3. The fraction of sp³-hybridized carbons (Fsp3) is 0.167. The maximum absolute atomic E-state index is 5.79. The molecular weight excluding hydrogens is 242 g/mol. The van der Waals surface area contributed by atoms with E-state index in [0.29, 0.717) is 11.5 Å². The lowest BCUT2D eigenvalue weighted by atomic mass is 10.2. The van der Waals surface area contributed by atoms with Crippen LogP contribution < -0.4 is 5.73 Å². The number of anilines is 1. The highest BCUT2D eigenvalue weighted by Gasteiger charge is 2.14. The summed E-state index contributed by atoms with van der Waals surface area (Å²) in [5.74, 6) is 0.642. The second-order valence-corrected chi connectivity index (χ2v) is 4.31. The van der Waals surface area contributed by atoms with Gasteiger partial charge in [-0.2, -0.15) is 9.78 Å². The average Bonchev–Trinajstić information content (AvgIpc) is 2.95. The molecule has 0 atom stereocenters. The van der Waals surface area contributed by atoms with Crippen molar-refractivity contribution in [1.29, 1.82) is 0 Å². The molecule has 0 aliphatic rings. The molecule has 2 heterocycles. The smallest absolute Gasteiger partial charge is 0.187 e. The number of nitrogen functional groups attached to an aromatic ring is 1. The molecular formula is C12H13N7. The molecule has 0 amide bonds. The maximum atomic E-state index is 5.79. The van der Waals surface area contributed by atoms with Crippen molar-refractivity contribution in [2.45, 2.75) is 6.92 Å². The van der Waals surface area contributed by atoms with E-state index in [1.165, 1.54) is 0 Å². The van der Waals surface area contributed by atoms with E-state index >= 15 is 0 Å². The Bertz CT molecular complexity index is 725. The van der Waals surface area contributed by atoms with Crippen molar-refractivity contribution in [2.75, 3.05) is 5.73 Å². The van der Waals surface area contributed by atoms with Crippen LogP contribution >= 0.6 is 0 Å². The molecule has 7 nitrogen and oxygen atoms in total. The molecule has 0 bridgehead atoms. The van der Waals surface area contributed by atoms with Gasteiger partial charge in [0.25, 0.3) is 0 Å². The van der Waals surface area contributed by atoms with Crippen LogP contribution in [0.5, 0.6) is 0 Å². The van der Waals surface area contributed by atoms with Gasteiger partial charge in [0.1, 0.15) is 5.69 Å². The van der Waals surface area contributed by atoms with Gasteiger partial charge < -0.3 is 5.73 Å². The van der Waals surface area contributed by atoms with E-state index in [1.807, 2.05) is 44.4 Å². The molecule has 0 aliphatic heterocycles. The lowest BCUT2D eigenvalue weighted by Gasteiger charge is -2.03. The molecule has 19 heavy (non-hydrogen) atoms. The Morgan fingerprint density at radius 1 is 1.26 bits per heavy atom. The van der Waals surface area contributed by atoms with Crippen molar-refractivity contribution in [1.82, 2.24) is 30.0 Å². The minimum absolute atomic E-state index is 0.642. The van der Waals surface area contributed by atoms with Crippen molar-refractivity contribution in [3.05, 3.63) is 36.2 Å². The lowest BCUT2D eigenvalue weighted by Crippen LogP contribution is -2.00. The summed E-state index contributed by atoms with van der Waals surface area (Å²) in [6.45, 7) is 1.92. The molecule has 0 saturated carbocycles. The summed E-state index contributed by atoms with van der Waals surface area (Å²) in [5, 5.41) is 16.1. The first-order valence-electron chi connectivity index (χ1n) is 5.80. The number of hydrogen-bond acceptors (Lipinski definition) is 5. The van der Waals surface area contributed by atoms with Crippen LogP contribution in [-0.4, -0.2) is 30.0 Å². The molecule has 3 aromatic rings. The Balaban J connectivity index is 2.16. The molecule has 3 rings (SSSR count). The van der Waals surface area contributed by atoms with E-state index in [-0.39, 0.29) is 0 Å². The number of nitrogens with zero attached hydrogens (tertiary/aromatic N) is 6. The quantitative estimate of drug-likeness (QED) is 0.689. The summed E-state index contributed by atoms with van der Waals surface area (Å²) in [5.41, 5.74) is 9.05. The first-order chi connectivity index (χ1) is 9.15. The Kier molecular flexibility index (Phi) is 2.52. The molecule has 0 spiro atoms. The first-order valence-corrected chi connectivity index (χ1v) is 5.80. The number of tetrazole rings is 1. The van der Waals surface area contributed by atoms with Gasteiger partial charge in [0, 0.05) is 18.3 Å². The monoisotopic (exact) mass is 255 g/mol. The van der Waals surface area contributed by atoms with Gasteiger partial charge in [0.15, 0.2) is 5.82 Å². The number of benzene rings is 1. The normalized spacial score (nSPS) is 10.8. The molecule has 7 heteroatoms. The van der Waals surface area contributed by atoms with E-state index in [1.54, 1.807) is 9.36 Å². The van der Waals surface area contributed by atoms with Gasteiger partial charge in [-0.15, -0.1) is 5.10 Å². The summed E-state index contributed by atoms with van der Waals surface area (Å²) >= 11 is 0. The minimum Gasteiger partial charge on any atom is -0.399 e. The molecule has 0 aliphatic carbocycles.